The van der Waals surface area contributed by atoms with E-state index in [1.165, 1.54) is 59.9 Å². The molecule has 2 aromatic heterocycles. The summed E-state index contributed by atoms with van der Waals surface area (Å²) in [6.45, 7) is 0. The van der Waals surface area contributed by atoms with Gasteiger partial charge in [-0.3, -0.25) is 0 Å². The molecule has 3 heteroatoms. The van der Waals surface area contributed by atoms with Gasteiger partial charge >= 0.3 is 0 Å². The van der Waals surface area contributed by atoms with Gasteiger partial charge in [-0.05, 0) is 110 Å². The molecule has 0 unspecified atom stereocenters. The molecular formula is C60H38N2O. The van der Waals surface area contributed by atoms with Crippen LogP contribution in [0.3, 0.4) is 0 Å². The van der Waals surface area contributed by atoms with Crippen LogP contribution in [0.4, 0.5) is 17.1 Å². The first-order chi connectivity index (χ1) is 31.3. The van der Waals surface area contributed by atoms with Crippen molar-refractivity contribution in [2.24, 2.45) is 0 Å². The Labute approximate surface area is 363 Å². The molecule has 0 N–H and O–H groups in total. The van der Waals surface area contributed by atoms with Crippen LogP contribution in [-0.4, -0.2) is 4.57 Å². The van der Waals surface area contributed by atoms with Crippen LogP contribution in [0.5, 0.6) is 0 Å². The molecule has 13 aromatic rings. The van der Waals surface area contributed by atoms with Crippen molar-refractivity contribution in [3.63, 3.8) is 0 Å². The molecule has 0 aliphatic carbocycles. The highest BCUT2D eigenvalue weighted by Gasteiger charge is 2.22. The van der Waals surface area contributed by atoms with E-state index in [0.717, 1.165) is 61.2 Å². The molecule has 0 radical (unpaired) electrons. The number of nitrogens with zero attached hydrogens (tertiary/aromatic N) is 2. The van der Waals surface area contributed by atoms with Crippen molar-refractivity contribution < 1.29 is 4.42 Å². The fourth-order valence-electron chi connectivity index (χ4n) is 10.2. The van der Waals surface area contributed by atoms with Gasteiger partial charge in [-0.25, -0.2) is 0 Å². The van der Waals surface area contributed by atoms with Gasteiger partial charge in [0.25, 0.3) is 0 Å². The molecule has 13 rings (SSSR count). The van der Waals surface area contributed by atoms with Crippen LogP contribution in [0.15, 0.2) is 235 Å². The smallest absolute Gasteiger partial charge is 0.143 e. The number of hydrogen-bond acceptors (Lipinski definition) is 2. The molecule has 0 aliphatic rings. The second-order valence-corrected chi connectivity index (χ2v) is 16.4. The number of benzene rings is 11. The van der Waals surface area contributed by atoms with Crippen molar-refractivity contribution in [1.29, 1.82) is 0 Å². The first-order valence-corrected chi connectivity index (χ1v) is 21.6. The van der Waals surface area contributed by atoms with E-state index >= 15 is 0 Å². The number of anilines is 3. The van der Waals surface area contributed by atoms with Crippen molar-refractivity contribution in [3.05, 3.63) is 231 Å². The van der Waals surface area contributed by atoms with E-state index in [4.69, 9.17) is 4.42 Å². The largest absolute Gasteiger partial charge is 0.455 e. The van der Waals surface area contributed by atoms with Crippen LogP contribution in [0.2, 0.25) is 0 Å². The van der Waals surface area contributed by atoms with Crippen LogP contribution in [0, 0.1) is 0 Å². The van der Waals surface area contributed by atoms with Gasteiger partial charge in [-0.15, -0.1) is 0 Å². The van der Waals surface area contributed by atoms with E-state index in [2.05, 4.69) is 240 Å². The maximum absolute atomic E-state index is 6.72. The third-order valence-electron chi connectivity index (χ3n) is 13.0. The molecule has 0 bridgehead atoms. The lowest BCUT2D eigenvalue weighted by atomic mass is 9.93. The van der Waals surface area contributed by atoms with Crippen LogP contribution in [0.1, 0.15) is 0 Å². The third-order valence-corrected chi connectivity index (χ3v) is 13.0. The Kier molecular flexibility index (Phi) is 7.91. The zero-order valence-electron chi connectivity index (χ0n) is 34.2. The molecule has 2 heterocycles. The van der Waals surface area contributed by atoms with Crippen molar-refractivity contribution in [2.45, 2.75) is 0 Å². The van der Waals surface area contributed by atoms with Gasteiger partial charge in [-0.1, -0.05) is 164 Å². The van der Waals surface area contributed by atoms with Gasteiger partial charge in [-0.2, -0.15) is 0 Å². The Morgan fingerprint density at radius 1 is 0.349 bits per heavy atom. The molecule has 0 spiro atoms. The van der Waals surface area contributed by atoms with Crippen molar-refractivity contribution >= 4 is 93.1 Å². The zero-order valence-corrected chi connectivity index (χ0v) is 34.2. The molecule has 0 saturated carbocycles. The first-order valence-electron chi connectivity index (χ1n) is 21.6. The zero-order chi connectivity index (χ0) is 41.4. The number of para-hydroxylation sites is 3. The third kappa shape index (κ3) is 5.53. The quantitative estimate of drug-likeness (QED) is 0.156. The standard InChI is InChI=1S/C60H38N2O/c1-4-20-46-39(15-1)33-36-53-59-52(26-14-30-58(59)63-60(46)53)51-25-9-10-27-55(51)61(43-17-13-18-44(38-43)62-56-28-11-7-23-49(56)50-24-8-12-29-57(50)62)42-34-31-40(32-35-42)54-37-41-16-2-3-19-45(41)47-21-5-6-22-48(47)54/h1-38H. The number of hydrogen-bond donors (Lipinski definition) is 0. The van der Waals surface area contributed by atoms with Gasteiger partial charge in [0.05, 0.1) is 16.7 Å². The van der Waals surface area contributed by atoms with Crippen molar-refractivity contribution in [2.75, 3.05) is 4.90 Å². The highest BCUT2D eigenvalue weighted by molar-refractivity contribution is 6.20. The van der Waals surface area contributed by atoms with E-state index in [1.807, 2.05) is 0 Å². The van der Waals surface area contributed by atoms with Crippen LogP contribution >= 0.6 is 0 Å². The Hall–Kier alpha value is -8.40. The average molecular weight is 803 g/mol. The molecule has 0 atom stereocenters. The summed E-state index contributed by atoms with van der Waals surface area (Å²) in [6.07, 6.45) is 0. The second kappa shape index (κ2) is 14.1. The summed E-state index contributed by atoms with van der Waals surface area (Å²) in [7, 11) is 0. The number of rotatable bonds is 6. The van der Waals surface area contributed by atoms with E-state index in [-0.39, 0.29) is 0 Å². The Balaban J connectivity index is 1.03. The van der Waals surface area contributed by atoms with E-state index in [1.54, 1.807) is 0 Å². The number of furan rings is 1. The van der Waals surface area contributed by atoms with Crippen molar-refractivity contribution in [1.82, 2.24) is 4.57 Å². The minimum atomic E-state index is 0.875. The maximum atomic E-state index is 6.72. The lowest BCUT2D eigenvalue weighted by molar-refractivity contribution is 0.673. The Morgan fingerprint density at radius 2 is 0.968 bits per heavy atom. The van der Waals surface area contributed by atoms with Crippen LogP contribution in [0.25, 0.3) is 104 Å². The summed E-state index contributed by atoms with van der Waals surface area (Å²) in [5.41, 5.74) is 13.1. The fraction of sp³-hybridized carbons (Fsp3) is 0. The first kappa shape index (κ1) is 35.4. The van der Waals surface area contributed by atoms with E-state index in [0.29, 0.717) is 0 Å². The lowest BCUT2D eigenvalue weighted by Gasteiger charge is -2.29. The van der Waals surface area contributed by atoms with Crippen molar-refractivity contribution in [3.8, 4) is 27.9 Å². The van der Waals surface area contributed by atoms with Gasteiger partial charge < -0.3 is 13.9 Å². The van der Waals surface area contributed by atoms with Gasteiger partial charge in [0.15, 0.2) is 0 Å². The predicted octanol–water partition coefficient (Wildman–Crippen LogP) is 16.9. The summed E-state index contributed by atoms with van der Waals surface area (Å²) in [5, 5.41) is 12.0. The topological polar surface area (TPSA) is 21.3 Å². The lowest BCUT2D eigenvalue weighted by Crippen LogP contribution is -2.12. The van der Waals surface area contributed by atoms with Gasteiger partial charge in [0, 0.05) is 49.6 Å². The highest BCUT2D eigenvalue weighted by Crippen LogP contribution is 2.47. The SMILES string of the molecule is c1cc(N(c2ccc(-c3cc4ccccc4c4ccccc34)cc2)c2ccccc2-c2cccc3oc4c5ccccc5ccc4c23)cc(-n2c3ccccc3c3ccccc32)c1. The van der Waals surface area contributed by atoms with E-state index in [9.17, 15) is 0 Å². The minimum absolute atomic E-state index is 0.875. The molecular weight excluding hydrogens is 765 g/mol. The molecule has 0 saturated heterocycles. The highest BCUT2D eigenvalue weighted by atomic mass is 16.3. The summed E-state index contributed by atoms with van der Waals surface area (Å²) in [4.78, 5) is 2.42. The Morgan fingerprint density at radius 3 is 1.76 bits per heavy atom. The monoisotopic (exact) mass is 802 g/mol. The van der Waals surface area contributed by atoms with E-state index < -0.39 is 0 Å². The maximum Gasteiger partial charge on any atom is 0.143 e. The predicted molar refractivity (Wildman–Crippen MR) is 266 cm³/mol. The van der Waals surface area contributed by atoms with Gasteiger partial charge in [0.2, 0.25) is 0 Å². The average Bonchev–Trinajstić information content (AvgIpc) is 3.91. The minimum Gasteiger partial charge on any atom is -0.455 e. The molecule has 0 aliphatic heterocycles. The van der Waals surface area contributed by atoms with Gasteiger partial charge in [0.1, 0.15) is 11.2 Å². The number of aromatic nitrogens is 1. The molecule has 11 aromatic carbocycles. The molecule has 3 nitrogen and oxygen atoms in total. The summed E-state index contributed by atoms with van der Waals surface area (Å²) in [5.74, 6) is 0. The van der Waals surface area contributed by atoms with Crippen LogP contribution < -0.4 is 4.90 Å². The number of fused-ring (bicyclic) bond motifs is 11. The molecule has 0 amide bonds. The summed E-state index contributed by atoms with van der Waals surface area (Å²) < 4.78 is 9.12. The Bertz CT molecular complexity index is 3870. The summed E-state index contributed by atoms with van der Waals surface area (Å²) in [6, 6.07) is 83.5. The second-order valence-electron chi connectivity index (χ2n) is 16.4. The normalized spacial score (nSPS) is 11.8. The van der Waals surface area contributed by atoms with Crippen LogP contribution in [-0.2, 0) is 0 Å². The molecule has 294 valence electrons. The molecule has 63 heavy (non-hydrogen) atoms. The summed E-state index contributed by atoms with van der Waals surface area (Å²) >= 11 is 0. The fourth-order valence-corrected chi connectivity index (χ4v) is 10.2. The molecule has 0 fully saturated rings.